The van der Waals surface area contributed by atoms with E-state index in [2.05, 4.69) is 27.9 Å². The van der Waals surface area contributed by atoms with Gasteiger partial charge in [-0.1, -0.05) is 35.9 Å². The third-order valence-electron chi connectivity index (χ3n) is 5.24. The SMILES string of the molecule is CCOc1cc(/C=C(\C#N)C(=O)Nc2ccc(C)c(C)c2)cc(I)c1Cc1ccccc1Cl. The lowest BCUT2D eigenvalue weighted by Crippen LogP contribution is -2.13. The number of benzene rings is 3. The molecule has 0 radical (unpaired) electrons. The zero-order chi connectivity index (χ0) is 24.0. The summed E-state index contributed by atoms with van der Waals surface area (Å²) in [6, 6.07) is 19.2. The summed E-state index contributed by atoms with van der Waals surface area (Å²) in [5, 5.41) is 13.1. The summed E-state index contributed by atoms with van der Waals surface area (Å²) in [4.78, 5) is 12.7. The molecule has 0 aromatic heterocycles. The molecule has 0 aliphatic heterocycles. The number of nitriles is 1. The van der Waals surface area contributed by atoms with Crippen molar-refractivity contribution in [2.24, 2.45) is 0 Å². The maximum atomic E-state index is 12.7. The Hall–Kier alpha value is -2.82. The van der Waals surface area contributed by atoms with Gasteiger partial charge in [-0.3, -0.25) is 4.79 Å². The van der Waals surface area contributed by atoms with Gasteiger partial charge < -0.3 is 10.1 Å². The maximum Gasteiger partial charge on any atom is 0.266 e. The van der Waals surface area contributed by atoms with Crippen molar-refractivity contribution in [2.75, 3.05) is 11.9 Å². The van der Waals surface area contributed by atoms with Gasteiger partial charge in [0, 0.05) is 26.3 Å². The van der Waals surface area contributed by atoms with Crippen molar-refractivity contribution in [1.82, 2.24) is 0 Å². The average Bonchev–Trinajstić information content (AvgIpc) is 2.78. The molecule has 4 nitrogen and oxygen atoms in total. The molecule has 33 heavy (non-hydrogen) atoms. The molecule has 0 saturated carbocycles. The van der Waals surface area contributed by atoms with Crippen LogP contribution in [0.1, 0.15) is 34.7 Å². The van der Waals surface area contributed by atoms with Gasteiger partial charge in [0.2, 0.25) is 0 Å². The van der Waals surface area contributed by atoms with Crippen molar-refractivity contribution < 1.29 is 9.53 Å². The molecule has 0 unspecified atom stereocenters. The molecule has 0 atom stereocenters. The molecule has 168 valence electrons. The van der Waals surface area contributed by atoms with Crippen LogP contribution in [-0.2, 0) is 11.2 Å². The Labute approximate surface area is 213 Å². The van der Waals surface area contributed by atoms with Crippen LogP contribution in [0.2, 0.25) is 5.02 Å². The van der Waals surface area contributed by atoms with Crippen LogP contribution in [0.15, 0.2) is 60.2 Å². The average molecular weight is 571 g/mol. The second kappa shape index (κ2) is 11.4. The normalized spacial score (nSPS) is 11.1. The molecule has 0 saturated heterocycles. The summed E-state index contributed by atoms with van der Waals surface area (Å²) < 4.78 is 6.87. The third-order valence-corrected chi connectivity index (χ3v) is 6.57. The van der Waals surface area contributed by atoms with Gasteiger partial charge in [0.1, 0.15) is 17.4 Å². The number of halogens is 2. The number of amides is 1. The third kappa shape index (κ3) is 6.37. The molecule has 0 bridgehead atoms. The molecular formula is C27H24ClIN2O2. The molecule has 1 amide bonds. The first-order valence-corrected chi connectivity index (χ1v) is 12.0. The van der Waals surface area contributed by atoms with Crippen LogP contribution in [0, 0.1) is 28.7 Å². The minimum absolute atomic E-state index is 0.0188. The highest BCUT2D eigenvalue weighted by atomic mass is 127. The number of ether oxygens (including phenoxy) is 1. The summed E-state index contributed by atoms with van der Waals surface area (Å²) in [7, 11) is 0. The highest BCUT2D eigenvalue weighted by Gasteiger charge is 2.15. The number of anilines is 1. The topological polar surface area (TPSA) is 62.1 Å². The number of rotatable bonds is 7. The van der Waals surface area contributed by atoms with E-state index in [1.807, 2.05) is 81.4 Å². The first-order valence-electron chi connectivity index (χ1n) is 10.5. The summed E-state index contributed by atoms with van der Waals surface area (Å²) in [5.74, 6) is 0.260. The van der Waals surface area contributed by atoms with E-state index in [1.54, 1.807) is 6.08 Å². The first-order chi connectivity index (χ1) is 15.8. The quantitative estimate of drug-likeness (QED) is 0.187. The molecule has 3 aromatic carbocycles. The van der Waals surface area contributed by atoms with Gasteiger partial charge in [0.15, 0.2) is 0 Å². The fourth-order valence-electron chi connectivity index (χ4n) is 3.34. The second-order valence-corrected chi connectivity index (χ2v) is 9.17. The van der Waals surface area contributed by atoms with E-state index in [9.17, 15) is 10.1 Å². The standard InChI is InChI=1S/C27H24ClIN2O2/c1-4-33-26-14-19(13-25(29)23(26)15-20-7-5-6-8-24(20)28)12-21(16-30)27(32)31-22-10-9-17(2)18(3)11-22/h5-14H,4,15H2,1-3H3,(H,31,32)/b21-12+. The Morgan fingerprint density at radius 1 is 1.15 bits per heavy atom. The molecule has 0 heterocycles. The van der Waals surface area contributed by atoms with Crippen molar-refractivity contribution in [3.63, 3.8) is 0 Å². The van der Waals surface area contributed by atoms with Crippen LogP contribution in [-0.4, -0.2) is 12.5 Å². The number of aryl methyl sites for hydroxylation is 2. The number of carbonyl (C=O) groups excluding carboxylic acids is 1. The van der Waals surface area contributed by atoms with E-state index in [0.717, 1.165) is 31.4 Å². The van der Waals surface area contributed by atoms with Gasteiger partial charge in [-0.05, 0) is 102 Å². The summed E-state index contributed by atoms with van der Waals surface area (Å²) in [5.41, 5.74) is 5.62. The maximum absolute atomic E-state index is 12.7. The first kappa shape index (κ1) is 24.8. The Balaban J connectivity index is 1.92. The zero-order valence-corrected chi connectivity index (χ0v) is 21.6. The lowest BCUT2D eigenvalue weighted by Gasteiger charge is -2.15. The van der Waals surface area contributed by atoms with E-state index in [1.165, 1.54) is 0 Å². The Morgan fingerprint density at radius 3 is 2.58 bits per heavy atom. The smallest absolute Gasteiger partial charge is 0.266 e. The molecule has 0 aliphatic carbocycles. The van der Waals surface area contributed by atoms with Crippen LogP contribution >= 0.6 is 34.2 Å². The summed E-state index contributed by atoms with van der Waals surface area (Å²) in [6.07, 6.45) is 2.20. The Kier molecular flexibility index (Phi) is 8.54. The molecule has 3 aromatic rings. The van der Waals surface area contributed by atoms with Gasteiger partial charge in [-0.2, -0.15) is 5.26 Å². The second-order valence-electron chi connectivity index (χ2n) is 7.60. The van der Waals surface area contributed by atoms with E-state index in [-0.39, 0.29) is 5.57 Å². The minimum atomic E-state index is -0.450. The van der Waals surface area contributed by atoms with E-state index in [4.69, 9.17) is 16.3 Å². The molecule has 0 spiro atoms. The fourth-order valence-corrected chi connectivity index (χ4v) is 4.35. The van der Waals surface area contributed by atoms with Crippen molar-refractivity contribution in [1.29, 1.82) is 5.26 Å². The van der Waals surface area contributed by atoms with Gasteiger partial charge in [0.05, 0.1) is 6.61 Å². The number of nitrogens with zero attached hydrogens (tertiary/aromatic N) is 1. The predicted octanol–water partition coefficient (Wildman–Crippen LogP) is 7.10. The summed E-state index contributed by atoms with van der Waals surface area (Å²) >= 11 is 8.62. The van der Waals surface area contributed by atoms with Crippen LogP contribution in [0.25, 0.3) is 6.08 Å². The van der Waals surface area contributed by atoms with Crippen molar-refractivity contribution >= 4 is 51.9 Å². The largest absolute Gasteiger partial charge is 0.494 e. The number of nitrogens with one attached hydrogen (secondary N) is 1. The molecule has 6 heteroatoms. The van der Waals surface area contributed by atoms with E-state index >= 15 is 0 Å². The fraction of sp³-hybridized carbons (Fsp3) is 0.185. The Bertz CT molecular complexity index is 1260. The van der Waals surface area contributed by atoms with Gasteiger partial charge >= 0.3 is 0 Å². The Morgan fingerprint density at radius 2 is 1.91 bits per heavy atom. The number of hydrogen-bond donors (Lipinski definition) is 1. The highest BCUT2D eigenvalue weighted by molar-refractivity contribution is 14.1. The van der Waals surface area contributed by atoms with Crippen LogP contribution in [0.5, 0.6) is 5.75 Å². The molecule has 0 aliphatic rings. The molecule has 1 N–H and O–H groups in total. The lowest BCUT2D eigenvalue weighted by molar-refractivity contribution is -0.112. The zero-order valence-electron chi connectivity index (χ0n) is 18.7. The van der Waals surface area contributed by atoms with Gasteiger partial charge in [-0.25, -0.2) is 0 Å². The van der Waals surface area contributed by atoms with E-state index in [0.29, 0.717) is 29.5 Å². The monoisotopic (exact) mass is 570 g/mol. The van der Waals surface area contributed by atoms with Crippen molar-refractivity contribution in [3.8, 4) is 11.8 Å². The summed E-state index contributed by atoms with van der Waals surface area (Å²) in [6.45, 7) is 6.41. The van der Waals surface area contributed by atoms with Crippen molar-refractivity contribution in [3.05, 3.63) is 96.6 Å². The molecule has 3 rings (SSSR count). The molecular weight excluding hydrogens is 547 g/mol. The van der Waals surface area contributed by atoms with Gasteiger partial charge in [-0.15, -0.1) is 0 Å². The number of hydrogen-bond acceptors (Lipinski definition) is 3. The van der Waals surface area contributed by atoms with Crippen LogP contribution in [0.4, 0.5) is 5.69 Å². The van der Waals surface area contributed by atoms with Crippen LogP contribution in [0.3, 0.4) is 0 Å². The van der Waals surface area contributed by atoms with E-state index < -0.39 is 5.91 Å². The highest BCUT2D eigenvalue weighted by Crippen LogP contribution is 2.31. The number of carbonyl (C=O) groups is 1. The van der Waals surface area contributed by atoms with Crippen molar-refractivity contribution in [2.45, 2.75) is 27.2 Å². The lowest BCUT2D eigenvalue weighted by atomic mass is 10.0. The minimum Gasteiger partial charge on any atom is -0.494 e. The van der Waals surface area contributed by atoms with Crippen LogP contribution < -0.4 is 10.1 Å². The van der Waals surface area contributed by atoms with Gasteiger partial charge in [0.25, 0.3) is 5.91 Å². The predicted molar refractivity (Wildman–Crippen MR) is 143 cm³/mol. The molecule has 0 fully saturated rings.